The number of rotatable bonds is 7. The van der Waals surface area contributed by atoms with Crippen LogP contribution in [-0.2, 0) is 28.4 Å². The highest BCUT2D eigenvalue weighted by molar-refractivity contribution is 4.91. The van der Waals surface area contributed by atoms with E-state index in [1.54, 1.807) is 7.11 Å². The van der Waals surface area contributed by atoms with Gasteiger partial charge in [0.2, 0.25) is 0 Å². The molecule has 0 aromatic rings. The van der Waals surface area contributed by atoms with Gasteiger partial charge in [0.25, 0.3) is 0 Å². The average molecular weight is 485 g/mol. The Morgan fingerprint density at radius 1 is 0.500 bits per heavy atom. The van der Waals surface area contributed by atoms with E-state index in [2.05, 4.69) is 69.2 Å². The molecule has 0 N–H and O–H groups in total. The smallest absolute Gasteiger partial charge is 0.184 e. The van der Waals surface area contributed by atoms with Crippen LogP contribution in [0.4, 0.5) is 0 Å². The Hall–Kier alpha value is -0.240. The minimum atomic E-state index is -0.445. The van der Waals surface area contributed by atoms with Gasteiger partial charge < -0.3 is 28.4 Å². The summed E-state index contributed by atoms with van der Waals surface area (Å²) < 4.78 is 38.6. The van der Waals surface area contributed by atoms with Crippen LogP contribution in [0.15, 0.2) is 0 Å². The maximum Gasteiger partial charge on any atom is 0.184 e. The van der Waals surface area contributed by atoms with Crippen molar-refractivity contribution in [3.05, 3.63) is 0 Å². The third-order valence-electron chi connectivity index (χ3n) is 9.67. The van der Waals surface area contributed by atoms with Gasteiger partial charge in [0, 0.05) is 24.9 Å². The zero-order chi connectivity index (χ0) is 25.3. The average Bonchev–Trinajstić information content (AvgIpc) is 2.82. The van der Waals surface area contributed by atoms with Crippen LogP contribution in [-0.4, -0.2) is 56.5 Å². The molecule has 3 rings (SSSR count). The Bertz CT molecular complexity index is 614. The lowest BCUT2D eigenvalue weighted by Gasteiger charge is -2.51. The summed E-state index contributed by atoms with van der Waals surface area (Å²) in [7, 11) is 1.71. The second-order valence-electron chi connectivity index (χ2n) is 11.6. The van der Waals surface area contributed by atoms with E-state index < -0.39 is 6.29 Å². The molecule has 0 spiro atoms. The molecule has 0 aromatic carbocycles. The van der Waals surface area contributed by atoms with Gasteiger partial charge in [0.15, 0.2) is 18.9 Å². The lowest BCUT2D eigenvalue weighted by Crippen LogP contribution is -2.58. The highest BCUT2D eigenvalue weighted by Crippen LogP contribution is 2.42. The first kappa shape index (κ1) is 28.3. The molecule has 200 valence electrons. The molecule has 0 bridgehead atoms. The minimum Gasteiger partial charge on any atom is -0.355 e. The standard InChI is InChI=1S/C28H52O6/c1-12-22-16(5)17(6)25(34-27-18(7)14(3)15(4)21(10)30-27)28(32-22)33-24-19(8)23(13-2)31-26(29-11)20(24)9/h14-28H,12-13H2,1-11H3/t14-,15-,16+,17-,18?,19-,20?,21?,22?,23?,24-,25?,26+,27-,28-/m0/s1. The van der Waals surface area contributed by atoms with Gasteiger partial charge >= 0.3 is 0 Å². The van der Waals surface area contributed by atoms with Gasteiger partial charge in [-0.15, -0.1) is 0 Å². The Morgan fingerprint density at radius 3 is 1.65 bits per heavy atom. The van der Waals surface area contributed by atoms with Crippen molar-refractivity contribution in [2.24, 2.45) is 41.4 Å². The Kier molecular flexibility index (Phi) is 9.89. The van der Waals surface area contributed by atoms with Gasteiger partial charge in [-0.1, -0.05) is 62.3 Å². The van der Waals surface area contributed by atoms with E-state index >= 15 is 0 Å². The van der Waals surface area contributed by atoms with Gasteiger partial charge in [-0.05, 0) is 43.4 Å². The maximum absolute atomic E-state index is 6.87. The van der Waals surface area contributed by atoms with Crippen molar-refractivity contribution in [1.82, 2.24) is 0 Å². The van der Waals surface area contributed by atoms with E-state index in [0.29, 0.717) is 23.7 Å². The van der Waals surface area contributed by atoms with Crippen molar-refractivity contribution >= 4 is 0 Å². The summed E-state index contributed by atoms with van der Waals surface area (Å²) in [5.74, 6) is 2.32. The molecule has 0 amide bonds. The predicted octanol–water partition coefficient (Wildman–Crippen LogP) is 5.87. The summed E-state index contributed by atoms with van der Waals surface area (Å²) in [6, 6.07) is 0. The molecule has 15 atom stereocenters. The quantitative estimate of drug-likeness (QED) is 0.450. The maximum atomic E-state index is 6.87. The normalized spacial score (nSPS) is 52.5. The minimum absolute atomic E-state index is 0.0413. The molecular weight excluding hydrogens is 432 g/mol. The molecule has 6 nitrogen and oxygen atoms in total. The highest BCUT2D eigenvalue weighted by Gasteiger charge is 2.50. The SMILES string of the molecule is CCC1O[C@@H](O[C@@H]2C(C)[C@H](OC)OC(CC)[C@@H]2C)C(O[C@@H]2OC(C)[C@@H](C)[C@H](C)C2C)[C@@H](C)[C@H]1C. The van der Waals surface area contributed by atoms with Crippen LogP contribution in [0, 0.1) is 41.4 Å². The number of ether oxygens (including phenoxy) is 6. The van der Waals surface area contributed by atoms with E-state index in [1.807, 2.05) is 0 Å². The number of hydrogen-bond acceptors (Lipinski definition) is 6. The number of hydrogen-bond donors (Lipinski definition) is 0. The molecule has 0 aliphatic carbocycles. The lowest BCUT2D eigenvalue weighted by molar-refractivity contribution is -0.360. The first-order valence-electron chi connectivity index (χ1n) is 13.9. The zero-order valence-electron chi connectivity index (χ0n) is 23.5. The molecule has 0 saturated carbocycles. The second kappa shape index (κ2) is 11.9. The van der Waals surface area contributed by atoms with Crippen molar-refractivity contribution in [2.75, 3.05) is 7.11 Å². The summed E-state index contributed by atoms with van der Waals surface area (Å²) >= 11 is 0. The van der Waals surface area contributed by atoms with Crippen molar-refractivity contribution in [2.45, 2.75) is 131 Å². The Balaban J connectivity index is 1.84. The fourth-order valence-corrected chi connectivity index (χ4v) is 6.36. The predicted molar refractivity (Wildman–Crippen MR) is 133 cm³/mol. The second-order valence-corrected chi connectivity index (χ2v) is 11.6. The van der Waals surface area contributed by atoms with E-state index in [1.165, 1.54) is 0 Å². The molecule has 3 heterocycles. The summed E-state index contributed by atoms with van der Waals surface area (Å²) in [6.45, 7) is 22.3. The molecular formula is C28H52O6. The van der Waals surface area contributed by atoms with Crippen LogP contribution in [0.2, 0.25) is 0 Å². The molecule has 3 aliphatic rings. The molecule has 6 heteroatoms. The number of methoxy groups -OCH3 is 1. The van der Waals surface area contributed by atoms with Crippen molar-refractivity contribution < 1.29 is 28.4 Å². The van der Waals surface area contributed by atoms with Gasteiger partial charge in [0.1, 0.15) is 6.10 Å². The van der Waals surface area contributed by atoms with Gasteiger partial charge in [-0.25, -0.2) is 0 Å². The molecule has 0 radical (unpaired) electrons. The van der Waals surface area contributed by atoms with E-state index in [4.69, 9.17) is 28.4 Å². The van der Waals surface area contributed by atoms with Crippen LogP contribution in [0.25, 0.3) is 0 Å². The molecule has 34 heavy (non-hydrogen) atoms. The Morgan fingerprint density at radius 2 is 1.06 bits per heavy atom. The van der Waals surface area contributed by atoms with E-state index in [-0.39, 0.29) is 60.9 Å². The fourth-order valence-electron chi connectivity index (χ4n) is 6.36. The van der Waals surface area contributed by atoms with Gasteiger partial charge in [0.05, 0.1) is 24.4 Å². The monoisotopic (exact) mass is 484 g/mol. The van der Waals surface area contributed by atoms with E-state index in [0.717, 1.165) is 12.8 Å². The molecule has 0 aromatic heterocycles. The van der Waals surface area contributed by atoms with Crippen LogP contribution >= 0.6 is 0 Å². The van der Waals surface area contributed by atoms with Crippen molar-refractivity contribution in [1.29, 1.82) is 0 Å². The van der Waals surface area contributed by atoms with Crippen LogP contribution < -0.4 is 0 Å². The van der Waals surface area contributed by atoms with Gasteiger partial charge in [-0.3, -0.25) is 0 Å². The van der Waals surface area contributed by atoms with Crippen molar-refractivity contribution in [3.63, 3.8) is 0 Å². The lowest BCUT2D eigenvalue weighted by atomic mass is 9.79. The summed E-state index contributed by atoms with van der Waals surface area (Å²) in [5, 5.41) is 0. The van der Waals surface area contributed by atoms with Crippen LogP contribution in [0.3, 0.4) is 0 Å². The van der Waals surface area contributed by atoms with E-state index in [9.17, 15) is 0 Å². The van der Waals surface area contributed by atoms with Crippen LogP contribution in [0.5, 0.6) is 0 Å². The summed E-state index contributed by atoms with van der Waals surface area (Å²) in [6.07, 6.45) is 1.07. The first-order valence-corrected chi connectivity index (χ1v) is 13.9. The summed E-state index contributed by atoms with van der Waals surface area (Å²) in [5.41, 5.74) is 0. The first-order chi connectivity index (χ1) is 16.0. The topological polar surface area (TPSA) is 55.4 Å². The van der Waals surface area contributed by atoms with Gasteiger partial charge in [-0.2, -0.15) is 0 Å². The third-order valence-corrected chi connectivity index (χ3v) is 9.67. The molecule has 6 unspecified atom stereocenters. The molecule has 3 saturated heterocycles. The third kappa shape index (κ3) is 5.52. The zero-order valence-corrected chi connectivity index (χ0v) is 23.5. The highest BCUT2D eigenvalue weighted by atomic mass is 16.7. The molecule has 3 fully saturated rings. The fraction of sp³-hybridized carbons (Fsp3) is 1.00. The van der Waals surface area contributed by atoms with Crippen molar-refractivity contribution in [3.8, 4) is 0 Å². The summed E-state index contributed by atoms with van der Waals surface area (Å²) in [4.78, 5) is 0. The Labute approximate surface area is 208 Å². The molecule has 3 aliphatic heterocycles. The van der Waals surface area contributed by atoms with Crippen LogP contribution in [0.1, 0.15) is 82.1 Å². The largest absolute Gasteiger partial charge is 0.355 e.